The van der Waals surface area contributed by atoms with Gasteiger partial charge >= 0.3 is 0 Å². The van der Waals surface area contributed by atoms with Crippen LogP contribution in [-0.4, -0.2) is 61.7 Å². The molecule has 2 heterocycles. The Bertz CT molecular complexity index is 142. The van der Waals surface area contributed by atoms with Crippen LogP contribution in [0.15, 0.2) is 0 Å². The molecule has 2 aliphatic heterocycles. The fraction of sp³-hybridized carbons (Fsp3) is 1.00. The maximum Gasteiger partial charge on any atom is 0.0349 e. The number of nitrogens with zero attached hydrogens (tertiary/aromatic N) is 2. The predicted octanol–water partition coefficient (Wildman–Crippen LogP) is -0.406. The van der Waals surface area contributed by atoms with Crippen LogP contribution in [0, 0.1) is 0 Å². The Kier molecular flexibility index (Phi) is 2.35. The Morgan fingerprint density at radius 3 is 2.92 bits per heavy atom. The van der Waals surface area contributed by atoms with Crippen LogP contribution in [0.1, 0.15) is 6.92 Å². The summed E-state index contributed by atoms with van der Waals surface area (Å²) in [5.74, 6) is 0. The average Bonchev–Trinajstić information content (AvgIpc) is 2.05. The van der Waals surface area contributed by atoms with Gasteiger partial charge in [-0.15, -0.1) is 0 Å². The van der Waals surface area contributed by atoms with Crippen molar-refractivity contribution in [3.05, 3.63) is 0 Å². The topological polar surface area (TPSA) is 18.5 Å². The van der Waals surface area contributed by atoms with Crippen LogP contribution in [-0.2, 0) is 0 Å². The molecule has 0 radical (unpaired) electrons. The first-order chi connectivity index (χ1) is 5.75. The van der Waals surface area contributed by atoms with Crippen LogP contribution < -0.4 is 5.32 Å². The van der Waals surface area contributed by atoms with Crippen molar-refractivity contribution < 1.29 is 0 Å². The molecule has 2 aliphatic rings. The SMILES string of the molecule is CC1CN2CCN(C)CC2CN1. The van der Waals surface area contributed by atoms with Crippen molar-refractivity contribution in [2.75, 3.05) is 39.8 Å². The number of fused-ring (bicyclic) bond motifs is 1. The van der Waals surface area contributed by atoms with Gasteiger partial charge in [-0.25, -0.2) is 0 Å². The zero-order valence-electron chi connectivity index (χ0n) is 8.08. The fourth-order valence-corrected chi connectivity index (χ4v) is 2.24. The zero-order valence-corrected chi connectivity index (χ0v) is 8.08. The van der Waals surface area contributed by atoms with Crippen LogP contribution in [0.25, 0.3) is 0 Å². The number of hydrogen-bond acceptors (Lipinski definition) is 3. The molecule has 3 heteroatoms. The molecule has 0 spiro atoms. The summed E-state index contributed by atoms with van der Waals surface area (Å²) in [5.41, 5.74) is 0. The van der Waals surface area contributed by atoms with Crippen LogP contribution in [0.5, 0.6) is 0 Å². The number of rotatable bonds is 0. The first-order valence-electron chi connectivity index (χ1n) is 4.91. The van der Waals surface area contributed by atoms with Crippen molar-refractivity contribution in [3.8, 4) is 0 Å². The molecule has 0 aromatic heterocycles. The minimum Gasteiger partial charge on any atom is -0.311 e. The fourth-order valence-electron chi connectivity index (χ4n) is 2.24. The lowest BCUT2D eigenvalue weighted by molar-refractivity contribution is 0.0571. The number of nitrogens with one attached hydrogen (secondary N) is 1. The molecule has 0 bridgehead atoms. The first kappa shape index (κ1) is 8.48. The summed E-state index contributed by atoms with van der Waals surface area (Å²) < 4.78 is 0. The van der Waals surface area contributed by atoms with E-state index in [4.69, 9.17) is 0 Å². The van der Waals surface area contributed by atoms with Crippen molar-refractivity contribution >= 4 is 0 Å². The molecule has 0 aromatic carbocycles. The highest BCUT2D eigenvalue weighted by Gasteiger charge is 2.29. The van der Waals surface area contributed by atoms with Crippen molar-refractivity contribution in [1.29, 1.82) is 0 Å². The normalized spacial score (nSPS) is 39.5. The molecule has 1 N–H and O–H groups in total. The van der Waals surface area contributed by atoms with Crippen LogP contribution in [0.2, 0.25) is 0 Å². The Hall–Kier alpha value is -0.120. The smallest absolute Gasteiger partial charge is 0.0349 e. The summed E-state index contributed by atoms with van der Waals surface area (Å²) in [5, 5.41) is 3.53. The van der Waals surface area contributed by atoms with Crippen molar-refractivity contribution in [3.63, 3.8) is 0 Å². The summed E-state index contributed by atoms with van der Waals surface area (Å²) in [7, 11) is 2.22. The van der Waals surface area contributed by atoms with Crippen LogP contribution in [0.3, 0.4) is 0 Å². The second-order valence-corrected chi connectivity index (χ2v) is 4.22. The Labute approximate surface area is 74.7 Å². The van der Waals surface area contributed by atoms with Gasteiger partial charge in [0.15, 0.2) is 0 Å². The monoisotopic (exact) mass is 169 g/mol. The minimum atomic E-state index is 0.685. The zero-order chi connectivity index (χ0) is 8.55. The van der Waals surface area contributed by atoms with Crippen molar-refractivity contribution in [1.82, 2.24) is 15.1 Å². The summed E-state index contributed by atoms with van der Waals surface area (Å²) in [6, 6.07) is 1.45. The van der Waals surface area contributed by atoms with E-state index in [2.05, 4.69) is 29.1 Å². The maximum absolute atomic E-state index is 3.53. The molecule has 70 valence electrons. The van der Waals surface area contributed by atoms with Crippen molar-refractivity contribution in [2.45, 2.75) is 19.0 Å². The minimum absolute atomic E-state index is 0.685. The third-order valence-electron chi connectivity index (χ3n) is 3.02. The van der Waals surface area contributed by atoms with Gasteiger partial charge in [0.1, 0.15) is 0 Å². The molecule has 2 rings (SSSR count). The van der Waals surface area contributed by atoms with Crippen LogP contribution in [0.4, 0.5) is 0 Å². The van der Waals surface area contributed by atoms with Gasteiger partial charge in [-0.1, -0.05) is 0 Å². The van der Waals surface area contributed by atoms with Crippen LogP contribution >= 0.6 is 0 Å². The van der Waals surface area contributed by atoms with E-state index in [0.717, 1.165) is 6.04 Å². The average molecular weight is 169 g/mol. The Morgan fingerprint density at radius 1 is 1.25 bits per heavy atom. The van der Waals surface area contributed by atoms with Gasteiger partial charge in [-0.3, -0.25) is 4.90 Å². The molecule has 2 fully saturated rings. The van der Waals surface area contributed by atoms with E-state index < -0.39 is 0 Å². The lowest BCUT2D eigenvalue weighted by Crippen LogP contribution is -2.62. The third-order valence-corrected chi connectivity index (χ3v) is 3.02. The molecule has 0 aromatic rings. The summed E-state index contributed by atoms with van der Waals surface area (Å²) in [4.78, 5) is 5.06. The highest BCUT2D eigenvalue weighted by molar-refractivity contribution is 4.88. The highest BCUT2D eigenvalue weighted by Crippen LogP contribution is 2.11. The lowest BCUT2D eigenvalue weighted by atomic mass is 10.1. The molecule has 2 atom stereocenters. The third kappa shape index (κ3) is 1.63. The van der Waals surface area contributed by atoms with Gasteiger partial charge in [-0.05, 0) is 14.0 Å². The van der Waals surface area contributed by atoms with E-state index in [9.17, 15) is 0 Å². The molecule has 12 heavy (non-hydrogen) atoms. The molecule has 0 saturated carbocycles. The first-order valence-corrected chi connectivity index (χ1v) is 4.91. The second kappa shape index (κ2) is 3.32. The quantitative estimate of drug-likeness (QED) is 0.532. The summed E-state index contributed by atoms with van der Waals surface area (Å²) in [6.45, 7) is 8.41. The molecule has 2 saturated heterocycles. The molecule has 2 unspecified atom stereocenters. The molecule has 0 aliphatic carbocycles. The Balaban J connectivity index is 1.94. The van der Waals surface area contributed by atoms with E-state index in [0.29, 0.717) is 6.04 Å². The van der Waals surface area contributed by atoms with Gasteiger partial charge in [0.2, 0.25) is 0 Å². The molecule has 3 nitrogen and oxygen atoms in total. The lowest BCUT2D eigenvalue weighted by Gasteiger charge is -2.45. The number of piperazine rings is 2. The molecular formula is C9H19N3. The van der Waals surface area contributed by atoms with E-state index in [-0.39, 0.29) is 0 Å². The highest BCUT2D eigenvalue weighted by atomic mass is 15.3. The van der Waals surface area contributed by atoms with E-state index >= 15 is 0 Å². The maximum atomic E-state index is 3.53. The van der Waals surface area contributed by atoms with Gasteiger partial charge in [-0.2, -0.15) is 0 Å². The number of hydrogen-bond donors (Lipinski definition) is 1. The Morgan fingerprint density at radius 2 is 2.08 bits per heavy atom. The van der Waals surface area contributed by atoms with E-state index in [1.54, 1.807) is 0 Å². The van der Waals surface area contributed by atoms with E-state index in [1.165, 1.54) is 32.7 Å². The summed E-state index contributed by atoms with van der Waals surface area (Å²) in [6.07, 6.45) is 0. The van der Waals surface area contributed by atoms with Gasteiger partial charge in [0.25, 0.3) is 0 Å². The van der Waals surface area contributed by atoms with Gasteiger partial charge in [0, 0.05) is 44.8 Å². The standard InChI is InChI=1S/C9H19N3/c1-8-6-12-4-3-11(2)7-9(12)5-10-8/h8-10H,3-7H2,1-2H3. The van der Waals surface area contributed by atoms with Gasteiger partial charge in [0.05, 0.1) is 0 Å². The number of likely N-dealkylation sites (N-methyl/N-ethyl adjacent to an activating group) is 1. The second-order valence-electron chi connectivity index (χ2n) is 4.22. The molecular weight excluding hydrogens is 150 g/mol. The van der Waals surface area contributed by atoms with E-state index in [1.807, 2.05) is 0 Å². The van der Waals surface area contributed by atoms with Gasteiger partial charge < -0.3 is 10.2 Å². The summed E-state index contributed by atoms with van der Waals surface area (Å²) >= 11 is 0. The largest absolute Gasteiger partial charge is 0.311 e. The molecule has 0 amide bonds. The predicted molar refractivity (Wildman–Crippen MR) is 50.3 cm³/mol. The van der Waals surface area contributed by atoms with Crippen molar-refractivity contribution in [2.24, 2.45) is 0 Å².